The van der Waals surface area contributed by atoms with Crippen LogP contribution in [0.25, 0.3) is 0 Å². The molecule has 3 fully saturated rings. The molecular formula is C15H29N3. The molecule has 0 aromatic rings. The van der Waals surface area contributed by atoms with E-state index in [0.29, 0.717) is 5.41 Å². The van der Waals surface area contributed by atoms with Crippen molar-refractivity contribution >= 4 is 0 Å². The standard InChI is InChI=1S/C15H29N3/c1-13(2)18-9-14(10-18)8-17-11-15(12-17)4-6-16(3)7-5-15/h13-14H,4-12H2,1-3H3. The molecule has 1 spiro atoms. The molecule has 3 rings (SSSR count). The zero-order chi connectivity index (χ0) is 12.8. The van der Waals surface area contributed by atoms with Crippen LogP contribution in [-0.4, -0.2) is 73.6 Å². The Hall–Kier alpha value is -0.120. The van der Waals surface area contributed by atoms with Gasteiger partial charge in [0.2, 0.25) is 0 Å². The minimum Gasteiger partial charge on any atom is -0.306 e. The Morgan fingerprint density at radius 1 is 1.11 bits per heavy atom. The molecule has 3 aliphatic heterocycles. The normalized spacial score (nSPS) is 30.7. The van der Waals surface area contributed by atoms with Gasteiger partial charge in [0.25, 0.3) is 0 Å². The highest BCUT2D eigenvalue weighted by molar-refractivity contribution is 4.99. The fourth-order valence-electron chi connectivity index (χ4n) is 3.95. The fourth-order valence-corrected chi connectivity index (χ4v) is 3.95. The lowest BCUT2D eigenvalue weighted by Crippen LogP contribution is -2.63. The van der Waals surface area contributed by atoms with Gasteiger partial charge in [0.1, 0.15) is 0 Å². The number of nitrogens with zero attached hydrogens (tertiary/aromatic N) is 3. The average molecular weight is 251 g/mol. The summed E-state index contributed by atoms with van der Waals surface area (Å²) < 4.78 is 0. The Labute approximate surface area is 112 Å². The molecule has 0 atom stereocenters. The molecular weight excluding hydrogens is 222 g/mol. The van der Waals surface area contributed by atoms with E-state index in [0.717, 1.165) is 12.0 Å². The maximum absolute atomic E-state index is 2.72. The van der Waals surface area contributed by atoms with Crippen LogP contribution in [0.3, 0.4) is 0 Å². The fraction of sp³-hybridized carbons (Fsp3) is 1.00. The summed E-state index contributed by atoms with van der Waals surface area (Å²) in [5, 5.41) is 0. The zero-order valence-electron chi connectivity index (χ0n) is 12.4. The molecule has 0 aliphatic carbocycles. The largest absolute Gasteiger partial charge is 0.306 e. The molecule has 18 heavy (non-hydrogen) atoms. The molecule has 3 heteroatoms. The van der Waals surface area contributed by atoms with Crippen LogP contribution in [0, 0.1) is 11.3 Å². The average Bonchev–Trinajstić information content (AvgIpc) is 2.22. The third-order valence-corrected chi connectivity index (χ3v) is 5.40. The first-order valence-corrected chi connectivity index (χ1v) is 7.71. The monoisotopic (exact) mass is 251 g/mol. The Balaban J connectivity index is 1.36. The van der Waals surface area contributed by atoms with E-state index < -0.39 is 0 Å². The Bertz CT molecular complexity index is 280. The van der Waals surface area contributed by atoms with Crippen molar-refractivity contribution in [3.63, 3.8) is 0 Å². The molecule has 3 nitrogen and oxygen atoms in total. The van der Waals surface area contributed by atoms with Crippen LogP contribution in [0.15, 0.2) is 0 Å². The molecule has 3 heterocycles. The number of hydrogen-bond acceptors (Lipinski definition) is 3. The van der Waals surface area contributed by atoms with Crippen molar-refractivity contribution in [2.75, 3.05) is 52.9 Å². The van der Waals surface area contributed by atoms with E-state index in [-0.39, 0.29) is 0 Å². The number of piperidine rings is 1. The van der Waals surface area contributed by atoms with Crippen molar-refractivity contribution in [3.8, 4) is 0 Å². The lowest BCUT2D eigenvalue weighted by Gasteiger charge is -2.56. The van der Waals surface area contributed by atoms with Gasteiger partial charge >= 0.3 is 0 Å². The van der Waals surface area contributed by atoms with Crippen molar-refractivity contribution in [2.45, 2.75) is 32.7 Å². The van der Waals surface area contributed by atoms with Crippen LogP contribution in [0.1, 0.15) is 26.7 Å². The van der Waals surface area contributed by atoms with Crippen molar-refractivity contribution in [1.82, 2.24) is 14.7 Å². The number of rotatable bonds is 3. The lowest BCUT2D eigenvalue weighted by atomic mass is 9.71. The van der Waals surface area contributed by atoms with E-state index in [1.54, 1.807) is 0 Å². The van der Waals surface area contributed by atoms with Crippen LogP contribution < -0.4 is 0 Å². The van der Waals surface area contributed by atoms with E-state index in [9.17, 15) is 0 Å². The topological polar surface area (TPSA) is 9.72 Å². The summed E-state index contributed by atoms with van der Waals surface area (Å²) >= 11 is 0. The highest BCUT2D eigenvalue weighted by atomic mass is 15.3. The quantitative estimate of drug-likeness (QED) is 0.750. The van der Waals surface area contributed by atoms with Crippen molar-refractivity contribution < 1.29 is 0 Å². The highest BCUT2D eigenvalue weighted by Gasteiger charge is 2.45. The predicted octanol–water partition coefficient (Wildman–Crippen LogP) is 1.35. The summed E-state index contributed by atoms with van der Waals surface area (Å²) in [5.74, 6) is 0.955. The van der Waals surface area contributed by atoms with E-state index in [4.69, 9.17) is 0 Å². The maximum atomic E-state index is 2.72. The summed E-state index contributed by atoms with van der Waals surface area (Å²) in [4.78, 5) is 7.80. The van der Waals surface area contributed by atoms with Gasteiger partial charge < -0.3 is 14.7 Å². The number of hydrogen-bond donors (Lipinski definition) is 0. The van der Waals surface area contributed by atoms with E-state index in [2.05, 4.69) is 35.6 Å². The maximum Gasteiger partial charge on any atom is 0.00516 e. The van der Waals surface area contributed by atoms with Gasteiger partial charge in [0.15, 0.2) is 0 Å². The van der Waals surface area contributed by atoms with Crippen molar-refractivity contribution in [3.05, 3.63) is 0 Å². The van der Waals surface area contributed by atoms with Crippen LogP contribution in [0.5, 0.6) is 0 Å². The summed E-state index contributed by atoms with van der Waals surface area (Å²) in [6, 6.07) is 0.748. The van der Waals surface area contributed by atoms with Gasteiger partial charge in [-0.2, -0.15) is 0 Å². The number of likely N-dealkylation sites (tertiary alicyclic amines) is 3. The molecule has 3 saturated heterocycles. The molecule has 0 amide bonds. The molecule has 0 bridgehead atoms. The molecule has 3 aliphatic rings. The summed E-state index contributed by atoms with van der Waals surface area (Å²) in [6.45, 7) is 14.1. The smallest absolute Gasteiger partial charge is 0.00516 e. The molecule has 104 valence electrons. The van der Waals surface area contributed by atoms with E-state index >= 15 is 0 Å². The summed E-state index contributed by atoms with van der Waals surface area (Å²) in [7, 11) is 2.26. The van der Waals surface area contributed by atoms with Gasteiger partial charge in [-0.3, -0.25) is 0 Å². The summed E-state index contributed by atoms with van der Waals surface area (Å²) in [5.41, 5.74) is 0.716. The van der Waals surface area contributed by atoms with Crippen LogP contribution in [0.2, 0.25) is 0 Å². The van der Waals surface area contributed by atoms with Gasteiger partial charge in [0, 0.05) is 38.8 Å². The van der Waals surface area contributed by atoms with Gasteiger partial charge in [-0.15, -0.1) is 0 Å². The van der Waals surface area contributed by atoms with Gasteiger partial charge in [-0.1, -0.05) is 0 Å². The van der Waals surface area contributed by atoms with Crippen molar-refractivity contribution in [2.24, 2.45) is 11.3 Å². The third kappa shape index (κ3) is 2.45. The molecule has 0 unspecified atom stereocenters. The Morgan fingerprint density at radius 2 is 1.72 bits per heavy atom. The zero-order valence-corrected chi connectivity index (χ0v) is 12.4. The van der Waals surface area contributed by atoms with Crippen molar-refractivity contribution in [1.29, 1.82) is 0 Å². The highest BCUT2D eigenvalue weighted by Crippen LogP contribution is 2.40. The van der Waals surface area contributed by atoms with E-state index in [1.807, 2.05) is 0 Å². The minimum absolute atomic E-state index is 0.716. The second-order valence-electron chi connectivity index (χ2n) is 7.39. The second-order valence-corrected chi connectivity index (χ2v) is 7.39. The Kier molecular flexibility index (Phi) is 3.41. The van der Waals surface area contributed by atoms with Gasteiger partial charge in [-0.25, -0.2) is 0 Å². The van der Waals surface area contributed by atoms with Gasteiger partial charge in [0.05, 0.1) is 0 Å². The van der Waals surface area contributed by atoms with Crippen LogP contribution in [0.4, 0.5) is 0 Å². The predicted molar refractivity (Wildman–Crippen MR) is 75.8 cm³/mol. The first-order valence-electron chi connectivity index (χ1n) is 7.71. The molecule has 0 radical (unpaired) electrons. The molecule has 0 saturated carbocycles. The Morgan fingerprint density at radius 3 is 2.28 bits per heavy atom. The van der Waals surface area contributed by atoms with Crippen LogP contribution in [-0.2, 0) is 0 Å². The third-order valence-electron chi connectivity index (χ3n) is 5.40. The lowest BCUT2D eigenvalue weighted by molar-refractivity contribution is -0.0667. The SMILES string of the molecule is CC(C)N1CC(CN2CC3(CCN(C)CC3)C2)C1. The molecule has 0 N–H and O–H groups in total. The van der Waals surface area contributed by atoms with Crippen LogP contribution >= 0.6 is 0 Å². The van der Waals surface area contributed by atoms with Gasteiger partial charge in [-0.05, 0) is 58.2 Å². The summed E-state index contributed by atoms with van der Waals surface area (Å²) in [6.07, 6.45) is 2.87. The molecule has 0 aromatic heterocycles. The second kappa shape index (κ2) is 4.77. The van der Waals surface area contributed by atoms with E-state index in [1.165, 1.54) is 58.7 Å². The minimum atomic E-state index is 0.716. The first-order chi connectivity index (χ1) is 8.56. The first kappa shape index (κ1) is 12.9. The molecule has 0 aromatic carbocycles.